The predicted octanol–water partition coefficient (Wildman–Crippen LogP) is 0.820. The molecule has 1 aliphatic rings. The molecular formula is C10H8O5. The highest BCUT2D eigenvalue weighted by Gasteiger charge is 2.18. The summed E-state index contributed by atoms with van der Waals surface area (Å²) in [7, 11) is 0. The minimum atomic E-state index is -1.47. The zero-order chi connectivity index (χ0) is 10.8. The van der Waals surface area contributed by atoms with E-state index in [1.165, 1.54) is 12.1 Å². The van der Waals surface area contributed by atoms with Crippen molar-refractivity contribution in [2.24, 2.45) is 0 Å². The van der Waals surface area contributed by atoms with Crippen LogP contribution in [-0.2, 0) is 16.1 Å². The van der Waals surface area contributed by atoms with Gasteiger partial charge in [0.05, 0.1) is 6.61 Å². The average molecular weight is 208 g/mol. The molecule has 0 spiro atoms. The lowest BCUT2D eigenvalue weighted by Gasteiger charge is -2.17. The summed E-state index contributed by atoms with van der Waals surface area (Å²) >= 11 is 0. The van der Waals surface area contributed by atoms with Crippen LogP contribution in [0.25, 0.3) is 0 Å². The third-order valence-corrected chi connectivity index (χ3v) is 2.08. The number of rotatable bonds is 2. The van der Waals surface area contributed by atoms with Crippen LogP contribution in [0.1, 0.15) is 15.9 Å². The van der Waals surface area contributed by atoms with E-state index in [-0.39, 0.29) is 12.4 Å². The van der Waals surface area contributed by atoms with Crippen molar-refractivity contribution in [1.29, 1.82) is 0 Å². The zero-order valence-corrected chi connectivity index (χ0v) is 7.73. The van der Waals surface area contributed by atoms with Gasteiger partial charge in [0.15, 0.2) is 6.79 Å². The van der Waals surface area contributed by atoms with Gasteiger partial charge in [-0.3, -0.25) is 4.79 Å². The van der Waals surface area contributed by atoms with Gasteiger partial charge in [0.25, 0.3) is 5.78 Å². The third kappa shape index (κ3) is 1.82. The summed E-state index contributed by atoms with van der Waals surface area (Å²) in [4.78, 5) is 21.6. The van der Waals surface area contributed by atoms with Crippen molar-refractivity contribution in [3.05, 3.63) is 29.3 Å². The largest absolute Gasteiger partial charge is 0.475 e. The van der Waals surface area contributed by atoms with E-state index in [1.54, 1.807) is 6.07 Å². The molecular weight excluding hydrogens is 200 g/mol. The SMILES string of the molecule is O=C(O)C(=O)c1ccc2c(c1)OCOC2. The second-order valence-corrected chi connectivity index (χ2v) is 3.07. The molecule has 78 valence electrons. The number of ether oxygens (including phenoxy) is 2. The molecule has 2 rings (SSSR count). The van der Waals surface area contributed by atoms with Crippen LogP contribution >= 0.6 is 0 Å². The van der Waals surface area contributed by atoms with Gasteiger partial charge in [-0.05, 0) is 6.07 Å². The first-order valence-corrected chi connectivity index (χ1v) is 4.29. The summed E-state index contributed by atoms with van der Waals surface area (Å²) in [5.74, 6) is -1.90. The number of hydrogen-bond donors (Lipinski definition) is 1. The highest BCUT2D eigenvalue weighted by molar-refractivity contribution is 6.39. The molecule has 1 heterocycles. The number of aliphatic carboxylic acids is 1. The Morgan fingerprint density at radius 1 is 1.33 bits per heavy atom. The molecule has 0 saturated carbocycles. The molecule has 0 unspecified atom stereocenters. The molecule has 5 heteroatoms. The number of carboxylic acid groups (broad SMARTS) is 1. The van der Waals surface area contributed by atoms with Gasteiger partial charge in [0.2, 0.25) is 0 Å². The van der Waals surface area contributed by atoms with Crippen LogP contribution in [0.2, 0.25) is 0 Å². The summed E-state index contributed by atoms with van der Waals surface area (Å²) in [6.45, 7) is 0.536. The maximum absolute atomic E-state index is 11.1. The number of carboxylic acids is 1. The third-order valence-electron chi connectivity index (χ3n) is 2.08. The molecule has 0 aliphatic carbocycles. The summed E-state index contributed by atoms with van der Waals surface area (Å²) in [6, 6.07) is 4.51. The molecule has 1 N–H and O–H groups in total. The minimum absolute atomic E-state index is 0.114. The van der Waals surface area contributed by atoms with Crippen molar-refractivity contribution in [3.8, 4) is 5.75 Å². The highest BCUT2D eigenvalue weighted by Crippen LogP contribution is 2.24. The molecule has 0 radical (unpaired) electrons. The first kappa shape index (κ1) is 9.67. The monoisotopic (exact) mass is 208 g/mol. The summed E-state index contributed by atoms with van der Waals surface area (Å²) in [5.41, 5.74) is 0.923. The minimum Gasteiger partial charge on any atom is -0.475 e. The molecule has 0 saturated heterocycles. The van der Waals surface area contributed by atoms with Gasteiger partial charge in [0, 0.05) is 11.1 Å². The number of ketones is 1. The van der Waals surface area contributed by atoms with E-state index in [2.05, 4.69) is 0 Å². The van der Waals surface area contributed by atoms with Crippen LogP contribution in [0.15, 0.2) is 18.2 Å². The van der Waals surface area contributed by atoms with Gasteiger partial charge in [-0.1, -0.05) is 12.1 Å². The number of fused-ring (bicyclic) bond motifs is 1. The molecule has 5 nitrogen and oxygen atoms in total. The van der Waals surface area contributed by atoms with E-state index >= 15 is 0 Å². The topological polar surface area (TPSA) is 72.8 Å². The molecule has 0 atom stereocenters. The fourth-order valence-electron chi connectivity index (χ4n) is 1.33. The van der Waals surface area contributed by atoms with Crippen molar-refractivity contribution in [3.63, 3.8) is 0 Å². The second-order valence-electron chi connectivity index (χ2n) is 3.07. The molecule has 0 aromatic heterocycles. The maximum Gasteiger partial charge on any atom is 0.377 e. The molecule has 1 aromatic rings. The fraction of sp³-hybridized carbons (Fsp3) is 0.200. The lowest BCUT2D eigenvalue weighted by Crippen LogP contribution is -2.15. The Labute approximate surface area is 85.2 Å². The van der Waals surface area contributed by atoms with Crippen molar-refractivity contribution in [2.45, 2.75) is 6.61 Å². The Kier molecular flexibility index (Phi) is 2.39. The van der Waals surface area contributed by atoms with Gasteiger partial charge in [-0.2, -0.15) is 0 Å². The summed E-state index contributed by atoms with van der Waals surface area (Å²) in [6.07, 6.45) is 0. The van der Waals surface area contributed by atoms with Crippen LogP contribution in [0.3, 0.4) is 0 Å². The van der Waals surface area contributed by atoms with Crippen molar-refractivity contribution < 1.29 is 24.2 Å². The van der Waals surface area contributed by atoms with Crippen LogP contribution in [0.4, 0.5) is 0 Å². The molecule has 0 bridgehead atoms. The van der Waals surface area contributed by atoms with Crippen LogP contribution < -0.4 is 4.74 Å². The molecule has 1 aliphatic heterocycles. The first-order valence-electron chi connectivity index (χ1n) is 4.29. The van der Waals surface area contributed by atoms with Gasteiger partial charge in [0.1, 0.15) is 5.75 Å². The Morgan fingerprint density at radius 2 is 2.13 bits per heavy atom. The molecule has 0 amide bonds. The van der Waals surface area contributed by atoms with Crippen LogP contribution in [0, 0.1) is 0 Å². The fourth-order valence-corrected chi connectivity index (χ4v) is 1.33. The standard InChI is InChI=1S/C10H8O5/c11-9(10(12)13)6-1-2-7-4-14-5-15-8(7)3-6/h1-3H,4-5H2,(H,12,13). The second kappa shape index (κ2) is 3.70. The Bertz CT molecular complexity index is 424. The van der Waals surface area contributed by atoms with E-state index in [0.717, 1.165) is 5.56 Å². The van der Waals surface area contributed by atoms with Gasteiger partial charge < -0.3 is 14.6 Å². The van der Waals surface area contributed by atoms with Crippen LogP contribution in [-0.4, -0.2) is 23.7 Å². The van der Waals surface area contributed by atoms with E-state index in [9.17, 15) is 9.59 Å². The Hall–Kier alpha value is -1.88. The number of carbonyl (C=O) groups is 2. The summed E-state index contributed by atoms with van der Waals surface area (Å²) in [5, 5.41) is 8.52. The van der Waals surface area contributed by atoms with Gasteiger partial charge in [-0.15, -0.1) is 0 Å². The average Bonchev–Trinajstić information content (AvgIpc) is 2.27. The molecule has 15 heavy (non-hydrogen) atoms. The number of hydrogen-bond acceptors (Lipinski definition) is 4. The maximum atomic E-state index is 11.1. The van der Waals surface area contributed by atoms with Crippen molar-refractivity contribution in [2.75, 3.05) is 6.79 Å². The number of benzene rings is 1. The smallest absolute Gasteiger partial charge is 0.377 e. The quantitative estimate of drug-likeness (QED) is 0.575. The predicted molar refractivity (Wildman–Crippen MR) is 48.7 cm³/mol. The summed E-state index contributed by atoms with van der Waals surface area (Å²) < 4.78 is 10.1. The normalized spacial score (nSPS) is 13.9. The molecule has 0 fully saturated rings. The molecule has 1 aromatic carbocycles. The lowest BCUT2D eigenvalue weighted by molar-refractivity contribution is -0.131. The van der Waals surface area contributed by atoms with Crippen LogP contribution in [0.5, 0.6) is 5.75 Å². The van der Waals surface area contributed by atoms with Crippen molar-refractivity contribution in [1.82, 2.24) is 0 Å². The van der Waals surface area contributed by atoms with Crippen molar-refractivity contribution >= 4 is 11.8 Å². The highest BCUT2D eigenvalue weighted by atomic mass is 16.7. The first-order chi connectivity index (χ1) is 7.18. The number of Topliss-reactive ketones (excluding diaryl/α,β-unsaturated/α-hetero) is 1. The number of carbonyl (C=O) groups excluding carboxylic acids is 1. The van der Waals surface area contributed by atoms with Gasteiger partial charge >= 0.3 is 5.97 Å². The lowest BCUT2D eigenvalue weighted by atomic mass is 10.1. The van der Waals surface area contributed by atoms with E-state index in [0.29, 0.717) is 12.4 Å². The van der Waals surface area contributed by atoms with Gasteiger partial charge in [-0.25, -0.2) is 4.79 Å². The zero-order valence-electron chi connectivity index (χ0n) is 7.73. The Balaban J connectivity index is 2.36. The Morgan fingerprint density at radius 3 is 2.87 bits per heavy atom. The van der Waals surface area contributed by atoms with E-state index in [4.69, 9.17) is 14.6 Å². The van der Waals surface area contributed by atoms with E-state index < -0.39 is 11.8 Å². The van der Waals surface area contributed by atoms with E-state index in [1.807, 2.05) is 0 Å².